The second-order valence-corrected chi connectivity index (χ2v) is 4.77. The molecule has 92 valence electrons. The quantitative estimate of drug-likeness (QED) is 0.829. The van der Waals surface area contributed by atoms with E-state index in [1.165, 1.54) is 0 Å². The first-order valence-corrected chi connectivity index (χ1v) is 6.11. The van der Waals surface area contributed by atoms with E-state index in [9.17, 15) is 0 Å². The molecule has 0 radical (unpaired) electrons. The van der Waals surface area contributed by atoms with E-state index < -0.39 is 0 Å². The maximum absolute atomic E-state index is 8.85. The minimum atomic E-state index is 0.344. The van der Waals surface area contributed by atoms with Crippen LogP contribution in [0.2, 0.25) is 0 Å². The van der Waals surface area contributed by atoms with Gasteiger partial charge in [0, 0.05) is 30.7 Å². The van der Waals surface area contributed by atoms with Crippen LogP contribution >= 0.6 is 0 Å². The van der Waals surface area contributed by atoms with Crippen LogP contribution in [-0.4, -0.2) is 28.2 Å². The number of ether oxygens (including phenoxy) is 1. The molecule has 1 aliphatic rings. The van der Waals surface area contributed by atoms with E-state index in [-0.39, 0.29) is 0 Å². The summed E-state index contributed by atoms with van der Waals surface area (Å²) in [4.78, 5) is 12.0. The number of fused-ring (bicyclic) bond motifs is 1. The Morgan fingerprint density at radius 3 is 3.22 bits per heavy atom. The monoisotopic (exact) mass is 242 g/mol. The second kappa shape index (κ2) is 4.39. The smallest absolute Gasteiger partial charge is 0.142 e. The van der Waals surface area contributed by atoms with Gasteiger partial charge in [0.2, 0.25) is 0 Å². The van der Waals surface area contributed by atoms with E-state index in [0.717, 1.165) is 36.5 Å². The van der Waals surface area contributed by atoms with Crippen molar-refractivity contribution in [1.82, 2.24) is 15.0 Å². The molecular weight excluding hydrogens is 228 g/mol. The van der Waals surface area contributed by atoms with Crippen LogP contribution in [0.4, 0.5) is 0 Å². The highest BCUT2D eigenvalue weighted by atomic mass is 16.5. The van der Waals surface area contributed by atoms with Crippen LogP contribution in [-0.2, 0) is 4.74 Å². The summed E-state index contributed by atoms with van der Waals surface area (Å²) in [7, 11) is 0. The van der Waals surface area contributed by atoms with Crippen LogP contribution in [0.5, 0.6) is 0 Å². The van der Waals surface area contributed by atoms with Gasteiger partial charge in [-0.2, -0.15) is 5.26 Å². The highest BCUT2D eigenvalue weighted by molar-refractivity contribution is 5.76. The van der Waals surface area contributed by atoms with Gasteiger partial charge in [0.25, 0.3) is 0 Å². The molecule has 5 heteroatoms. The minimum Gasteiger partial charge on any atom is -0.381 e. The molecule has 0 bridgehead atoms. The first-order chi connectivity index (χ1) is 8.78. The number of nitrogens with zero attached hydrogens (tertiary/aromatic N) is 3. The first kappa shape index (κ1) is 11.2. The third-order valence-electron chi connectivity index (χ3n) is 3.48. The number of nitriles is 1. The van der Waals surface area contributed by atoms with Crippen LogP contribution in [0, 0.1) is 17.2 Å². The minimum absolute atomic E-state index is 0.344. The van der Waals surface area contributed by atoms with Crippen molar-refractivity contribution < 1.29 is 4.74 Å². The number of hydrogen-bond acceptors (Lipinski definition) is 4. The van der Waals surface area contributed by atoms with Crippen molar-refractivity contribution in [2.75, 3.05) is 13.2 Å². The molecule has 0 saturated carbocycles. The van der Waals surface area contributed by atoms with Crippen molar-refractivity contribution in [3.63, 3.8) is 0 Å². The molecule has 1 fully saturated rings. The van der Waals surface area contributed by atoms with Crippen molar-refractivity contribution in [1.29, 1.82) is 5.26 Å². The average molecular weight is 242 g/mol. The standard InChI is InChI=1S/C13H14N4O/c1-8-7-18-3-2-11(8)13-15-6-9-4-10(5-14)16-12(9)17-13/h4,6,8,11H,2-3,7H2,1H3,(H,15,16,17)/t8-,11-/m0/s1. The van der Waals surface area contributed by atoms with Crippen molar-refractivity contribution in [3.05, 3.63) is 23.8 Å². The highest BCUT2D eigenvalue weighted by Gasteiger charge is 2.26. The lowest BCUT2D eigenvalue weighted by atomic mass is 9.89. The second-order valence-electron chi connectivity index (χ2n) is 4.77. The summed E-state index contributed by atoms with van der Waals surface area (Å²) < 4.78 is 5.44. The van der Waals surface area contributed by atoms with Gasteiger partial charge in [-0.15, -0.1) is 0 Å². The Kier molecular flexibility index (Phi) is 2.73. The Bertz CT molecular complexity index is 613. The molecular formula is C13H14N4O. The van der Waals surface area contributed by atoms with Crippen LogP contribution in [0.1, 0.15) is 30.8 Å². The number of aromatic amines is 1. The summed E-state index contributed by atoms with van der Waals surface area (Å²) in [6, 6.07) is 3.85. The highest BCUT2D eigenvalue weighted by Crippen LogP contribution is 2.29. The molecule has 3 rings (SSSR count). The van der Waals surface area contributed by atoms with E-state index in [0.29, 0.717) is 17.5 Å². The number of rotatable bonds is 1. The van der Waals surface area contributed by atoms with Crippen molar-refractivity contribution >= 4 is 11.0 Å². The van der Waals surface area contributed by atoms with Crippen molar-refractivity contribution in [2.24, 2.45) is 5.92 Å². The van der Waals surface area contributed by atoms with E-state index >= 15 is 0 Å². The topological polar surface area (TPSA) is 74.6 Å². The average Bonchev–Trinajstić information content (AvgIpc) is 2.81. The van der Waals surface area contributed by atoms with E-state index in [4.69, 9.17) is 10.00 Å². The summed E-state index contributed by atoms with van der Waals surface area (Å²) in [5.41, 5.74) is 1.27. The van der Waals surface area contributed by atoms with Gasteiger partial charge in [-0.3, -0.25) is 0 Å². The molecule has 2 aromatic rings. The van der Waals surface area contributed by atoms with Crippen LogP contribution < -0.4 is 0 Å². The Morgan fingerprint density at radius 2 is 2.44 bits per heavy atom. The van der Waals surface area contributed by atoms with E-state index in [2.05, 4.69) is 27.9 Å². The maximum atomic E-state index is 8.85. The largest absolute Gasteiger partial charge is 0.381 e. The molecule has 0 amide bonds. The summed E-state index contributed by atoms with van der Waals surface area (Å²) in [5.74, 6) is 1.63. The number of hydrogen-bond donors (Lipinski definition) is 1. The van der Waals surface area contributed by atoms with Crippen LogP contribution in [0.3, 0.4) is 0 Å². The maximum Gasteiger partial charge on any atom is 0.142 e. The fourth-order valence-electron chi connectivity index (χ4n) is 2.43. The SMILES string of the molecule is C[C@H]1COCC[C@@H]1c1ncc2cc(C#N)[nH]c2n1. The van der Waals surface area contributed by atoms with Gasteiger partial charge < -0.3 is 9.72 Å². The fourth-order valence-corrected chi connectivity index (χ4v) is 2.43. The van der Waals surface area contributed by atoms with Crippen molar-refractivity contribution in [2.45, 2.75) is 19.3 Å². The molecule has 5 nitrogen and oxygen atoms in total. The molecule has 0 aromatic carbocycles. The molecule has 3 heterocycles. The van der Waals surface area contributed by atoms with Crippen LogP contribution in [0.25, 0.3) is 11.0 Å². The molecule has 1 aliphatic heterocycles. The normalized spacial score (nSPS) is 24.0. The molecule has 0 spiro atoms. The fraction of sp³-hybridized carbons (Fsp3) is 0.462. The van der Waals surface area contributed by atoms with Gasteiger partial charge in [0.1, 0.15) is 23.2 Å². The molecule has 18 heavy (non-hydrogen) atoms. The zero-order valence-electron chi connectivity index (χ0n) is 10.2. The first-order valence-electron chi connectivity index (χ1n) is 6.11. The summed E-state index contributed by atoms with van der Waals surface area (Å²) in [5, 5.41) is 9.74. The predicted molar refractivity (Wildman–Crippen MR) is 65.9 cm³/mol. The molecule has 2 aromatic heterocycles. The van der Waals surface area contributed by atoms with Gasteiger partial charge in [0.05, 0.1) is 0 Å². The molecule has 2 atom stereocenters. The Hall–Kier alpha value is -1.93. The third kappa shape index (κ3) is 1.85. The lowest BCUT2D eigenvalue weighted by Gasteiger charge is -2.27. The molecule has 0 unspecified atom stereocenters. The molecule has 1 saturated heterocycles. The summed E-state index contributed by atoms with van der Waals surface area (Å²) in [6.07, 6.45) is 2.75. The van der Waals surface area contributed by atoms with Gasteiger partial charge in [0.15, 0.2) is 0 Å². The zero-order chi connectivity index (χ0) is 12.5. The van der Waals surface area contributed by atoms with E-state index in [1.54, 1.807) is 12.3 Å². The van der Waals surface area contributed by atoms with Crippen molar-refractivity contribution in [3.8, 4) is 6.07 Å². The van der Waals surface area contributed by atoms with Crippen LogP contribution in [0.15, 0.2) is 12.3 Å². The third-order valence-corrected chi connectivity index (χ3v) is 3.48. The van der Waals surface area contributed by atoms with Gasteiger partial charge in [-0.25, -0.2) is 9.97 Å². The number of nitrogens with one attached hydrogen (secondary N) is 1. The van der Waals surface area contributed by atoms with Gasteiger partial charge in [-0.05, 0) is 18.4 Å². The van der Waals surface area contributed by atoms with E-state index in [1.807, 2.05) is 0 Å². The molecule has 1 N–H and O–H groups in total. The molecule has 0 aliphatic carbocycles. The zero-order valence-corrected chi connectivity index (χ0v) is 10.2. The summed E-state index contributed by atoms with van der Waals surface area (Å²) >= 11 is 0. The number of aromatic nitrogens is 3. The lowest BCUT2D eigenvalue weighted by molar-refractivity contribution is 0.0453. The summed E-state index contributed by atoms with van der Waals surface area (Å²) in [6.45, 7) is 3.69. The number of H-pyrrole nitrogens is 1. The lowest BCUT2D eigenvalue weighted by Crippen LogP contribution is -2.25. The van der Waals surface area contributed by atoms with Gasteiger partial charge >= 0.3 is 0 Å². The Balaban J connectivity index is 1.99. The Labute approximate surface area is 105 Å². The Morgan fingerprint density at radius 1 is 1.56 bits per heavy atom. The predicted octanol–water partition coefficient (Wildman–Crippen LogP) is 1.97. The van der Waals surface area contributed by atoms with Gasteiger partial charge in [-0.1, -0.05) is 6.92 Å².